The van der Waals surface area contributed by atoms with Crippen molar-refractivity contribution in [2.75, 3.05) is 13.1 Å². The van der Waals surface area contributed by atoms with E-state index in [-0.39, 0.29) is 25.2 Å². The molecule has 8 heteroatoms. The van der Waals surface area contributed by atoms with E-state index in [1.807, 2.05) is 0 Å². The first-order valence-corrected chi connectivity index (χ1v) is 7.70. The highest BCUT2D eigenvalue weighted by molar-refractivity contribution is 6.01. The normalized spacial score (nSPS) is 21.8. The zero-order chi connectivity index (χ0) is 17.2. The fourth-order valence-electron chi connectivity index (χ4n) is 2.52. The molecule has 2 aliphatic rings. The lowest BCUT2D eigenvalue weighted by Gasteiger charge is -2.24. The quantitative estimate of drug-likeness (QED) is 0.724. The van der Waals surface area contributed by atoms with Gasteiger partial charge in [-0.1, -0.05) is 0 Å². The summed E-state index contributed by atoms with van der Waals surface area (Å²) in [6, 6.07) is 0. The maximum absolute atomic E-state index is 11.9. The van der Waals surface area contributed by atoms with E-state index < -0.39 is 29.5 Å². The molecule has 0 radical (unpaired) electrons. The molecular formula is C15H22N2O6. The molecule has 2 saturated heterocycles. The van der Waals surface area contributed by atoms with E-state index in [1.165, 1.54) is 0 Å². The van der Waals surface area contributed by atoms with Crippen molar-refractivity contribution in [3.8, 4) is 0 Å². The topological polar surface area (TPSA) is 93.2 Å². The van der Waals surface area contributed by atoms with E-state index in [0.717, 1.165) is 0 Å². The van der Waals surface area contributed by atoms with E-state index in [1.54, 1.807) is 25.7 Å². The summed E-state index contributed by atoms with van der Waals surface area (Å²) in [5, 5.41) is 0.545. The molecule has 0 spiro atoms. The molecule has 0 aromatic rings. The van der Waals surface area contributed by atoms with Gasteiger partial charge in [0, 0.05) is 25.9 Å². The molecule has 128 valence electrons. The third-order valence-electron chi connectivity index (χ3n) is 3.59. The number of carbonyl (C=O) groups is 4. The van der Waals surface area contributed by atoms with Crippen LogP contribution in [0.15, 0.2) is 0 Å². The van der Waals surface area contributed by atoms with Crippen LogP contribution in [0.5, 0.6) is 0 Å². The fraction of sp³-hybridized carbons (Fsp3) is 0.733. The van der Waals surface area contributed by atoms with Gasteiger partial charge >= 0.3 is 12.1 Å². The van der Waals surface area contributed by atoms with Crippen molar-refractivity contribution >= 4 is 23.9 Å². The molecule has 0 N–H and O–H groups in total. The molecule has 2 fully saturated rings. The second-order valence-corrected chi connectivity index (χ2v) is 6.83. The third-order valence-corrected chi connectivity index (χ3v) is 3.59. The summed E-state index contributed by atoms with van der Waals surface area (Å²) in [6.45, 7) is 6.28. The second kappa shape index (κ2) is 6.55. The fourth-order valence-corrected chi connectivity index (χ4v) is 2.52. The molecule has 3 amide bonds. The van der Waals surface area contributed by atoms with Crippen LogP contribution in [0.25, 0.3) is 0 Å². The van der Waals surface area contributed by atoms with Crippen LogP contribution in [-0.2, 0) is 24.0 Å². The molecule has 0 unspecified atom stereocenters. The number of likely N-dealkylation sites (tertiary alicyclic amines) is 1. The molecule has 23 heavy (non-hydrogen) atoms. The average Bonchev–Trinajstić information content (AvgIpc) is 2.99. The average molecular weight is 326 g/mol. The Balaban J connectivity index is 1.79. The Morgan fingerprint density at radius 2 is 1.78 bits per heavy atom. The Bertz CT molecular complexity index is 509. The number of carbonyl (C=O) groups excluding carboxylic acids is 4. The minimum Gasteiger partial charge on any atom is -0.444 e. The SMILES string of the molecule is CC(C)(C)OC(=O)N1CC[C@H](CC(=O)ON2C(=O)CCC2=O)C1. The molecule has 0 bridgehead atoms. The number of imide groups is 1. The minimum atomic E-state index is -0.635. The molecule has 2 aliphatic heterocycles. The lowest BCUT2D eigenvalue weighted by Crippen LogP contribution is -2.36. The number of hydrogen-bond donors (Lipinski definition) is 0. The van der Waals surface area contributed by atoms with Gasteiger partial charge in [-0.15, -0.1) is 5.06 Å². The van der Waals surface area contributed by atoms with Gasteiger partial charge in [-0.25, -0.2) is 9.59 Å². The molecule has 2 heterocycles. The van der Waals surface area contributed by atoms with Gasteiger partial charge in [-0.05, 0) is 33.1 Å². The van der Waals surface area contributed by atoms with Crippen molar-refractivity contribution < 1.29 is 28.8 Å². The Morgan fingerprint density at radius 1 is 1.17 bits per heavy atom. The van der Waals surface area contributed by atoms with Crippen LogP contribution < -0.4 is 0 Å². The smallest absolute Gasteiger partial charge is 0.410 e. The largest absolute Gasteiger partial charge is 0.444 e. The maximum atomic E-state index is 11.9. The Kier molecular flexibility index (Phi) is 4.91. The first kappa shape index (κ1) is 17.2. The first-order chi connectivity index (χ1) is 10.7. The molecule has 0 aromatic heterocycles. The van der Waals surface area contributed by atoms with Crippen molar-refractivity contribution in [3.05, 3.63) is 0 Å². The van der Waals surface area contributed by atoms with E-state index in [2.05, 4.69) is 0 Å². The van der Waals surface area contributed by atoms with E-state index in [4.69, 9.17) is 9.57 Å². The van der Waals surface area contributed by atoms with Crippen LogP contribution in [0.2, 0.25) is 0 Å². The van der Waals surface area contributed by atoms with E-state index >= 15 is 0 Å². The van der Waals surface area contributed by atoms with Crippen LogP contribution in [0.4, 0.5) is 4.79 Å². The number of ether oxygens (including phenoxy) is 1. The van der Waals surface area contributed by atoms with Crippen molar-refractivity contribution in [1.29, 1.82) is 0 Å². The van der Waals surface area contributed by atoms with Crippen LogP contribution in [0, 0.1) is 5.92 Å². The van der Waals surface area contributed by atoms with Crippen LogP contribution in [0.1, 0.15) is 46.5 Å². The van der Waals surface area contributed by atoms with Gasteiger partial charge in [0.25, 0.3) is 11.8 Å². The van der Waals surface area contributed by atoms with E-state index in [9.17, 15) is 19.2 Å². The lowest BCUT2D eigenvalue weighted by atomic mass is 10.1. The van der Waals surface area contributed by atoms with Gasteiger partial charge in [0.15, 0.2) is 0 Å². The van der Waals surface area contributed by atoms with Crippen molar-refractivity contribution in [3.63, 3.8) is 0 Å². The molecular weight excluding hydrogens is 304 g/mol. The predicted octanol–water partition coefficient (Wildman–Crippen LogP) is 1.24. The number of rotatable bonds is 3. The summed E-state index contributed by atoms with van der Waals surface area (Å²) in [6.07, 6.45) is 0.439. The Hall–Kier alpha value is -2.12. The van der Waals surface area contributed by atoms with Crippen LogP contribution in [0.3, 0.4) is 0 Å². The zero-order valence-electron chi connectivity index (χ0n) is 13.7. The number of amides is 3. The minimum absolute atomic E-state index is 0.0519. The Morgan fingerprint density at radius 3 is 2.35 bits per heavy atom. The summed E-state index contributed by atoms with van der Waals surface area (Å²) < 4.78 is 5.28. The number of nitrogens with zero attached hydrogens (tertiary/aromatic N) is 2. The second-order valence-electron chi connectivity index (χ2n) is 6.83. The summed E-state index contributed by atoms with van der Waals surface area (Å²) >= 11 is 0. The van der Waals surface area contributed by atoms with Crippen molar-refractivity contribution in [1.82, 2.24) is 9.96 Å². The molecule has 0 aliphatic carbocycles. The summed E-state index contributed by atoms with van der Waals surface area (Å²) in [7, 11) is 0. The van der Waals surface area contributed by atoms with E-state index in [0.29, 0.717) is 24.6 Å². The molecule has 2 rings (SSSR count). The molecule has 1 atom stereocenters. The van der Waals surface area contributed by atoms with Gasteiger partial charge in [0.05, 0.1) is 6.42 Å². The highest BCUT2D eigenvalue weighted by atomic mass is 16.7. The van der Waals surface area contributed by atoms with Gasteiger partial charge < -0.3 is 14.5 Å². The standard InChI is InChI=1S/C15H22N2O6/c1-15(2,3)22-14(21)16-7-6-10(9-16)8-13(20)23-17-11(18)4-5-12(17)19/h10H,4-9H2,1-3H3/t10-/m1/s1. The van der Waals surface area contributed by atoms with Gasteiger partial charge in [-0.3, -0.25) is 9.59 Å². The molecule has 0 aromatic carbocycles. The summed E-state index contributed by atoms with van der Waals surface area (Å²) in [4.78, 5) is 53.0. The summed E-state index contributed by atoms with van der Waals surface area (Å²) in [5.74, 6) is -1.69. The molecule has 8 nitrogen and oxygen atoms in total. The van der Waals surface area contributed by atoms with Gasteiger partial charge in [0.2, 0.25) is 0 Å². The zero-order valence-corrected chi connectivity index (χ0v) is 13.7. The molecule has 0 saturated carbocycles. The predicted molar refractivity (Wildman–Crippen MR) is 77.7 cm³/mol. The van der Waals surface area contributed by atoms with Gasteiger partial charge in [0.1, 0.15) is 5.60 Å². The highest BCUT2D eigenvalue weighted by Crippen LogP contribution is 2.23. The first-order valence-electron chi connectivity index (χ1n) is 7.70. The number of hydrogen-bond acceptors (Lipinski definition) is 6. The van der Waals surface area contributed by atoms with Crippen LogP contribution in [-0.4, -0.2) is 52.5 Å². The highest BCUT2D eigenvalue weighted by Gasteiger charge is 2.35. The van der Waals surface area contributed by atoms with Crippen molar-refractivity contribution in [2.45, 2.75) is 52.1 Å². The number of hydroxylamine groups is 2. The summed E-state index contributed by atoms with van der Waals surface area (Å²) in [5.41, 5.74) is -0.565. The lowest BCUT2D eigenvalue weighted by molar-refractivity contribution is -0.198. The maximum Gasteiger partial charge on any atom is 0.410 e. The van der Waals surface area contributed by atoms with Gasteiger partial charge in [-0.2, -0.15) is 0 Å². The third kappa shape index (κ3) is 4.67. The Labute approximate surface area is 134 Å². The monoisotopic (exact) mass is 326 g/mol. The van der Waals surface area contributed by atoms with Crippen LogP contribution >= 0.6 is 0 Å². The van der Waals surface area contributed by atoms with Crippen molar-refractivity contribution in [2.24, 2.45) is 5.92 Å².